The predicted molar refractivity (Wildman–Crippen MR) is 44.3 cm³/mol. The van der Waals surface area contributed by atoms with Crippen molar-refractivity contribution >= 4 is 12.1 Å². The lowest BCUT2D eigenvalue weighted by Crippen LogP contribution is -2.24. The van der Waals surface area contributed by atoms with Crippen LogP contribution in [0.15, 0.2) is 0 Å². The van der Waals surface area contributed by atoms with Crippen LogP contribution in [0.2, 0.25) is 0 Å². The topological polar surface area (TPSA) is 34.1 Å². The summed E-state index contributed by atoms with van der Waals surface area (Å²) >= 11 is 0. The Balaban J connectivity index is 4.11. The van der Waals surface area contributed by atoms with Gasteiger partial charge in [0.15, 0.2) is 0 Å². The van der Waals surface area contributed by atoms with Crippen LogP contribution in [-0.2, 0) is 9.59 Å². The summed E-state index contributed by atoms with van der Waals surface area (Å²) in [7, 11) is 0. The van der Waals surface area contributed by atoms with E-state index >= 15 is 0 Å². The number of Topliss-reactive ketones (excluding diaryl/α,β-unsaturated/α-hetero) is 1. The Kier molecular flexibility index (Phi) is 3.43. The smallest absolute Gasteiger partial charge is 0.130 e. The van der Waals surface area contributed by atoms with Gasteiger partial charge in [0.25, 0.3) is 0 Å². The molecule has 0 aromatic heterocycles. The summed E-state index contributed by atoms with van der Waals surface area (Å²) in [5.74, 6) is 0.282. The number of carbonyl (C=O) groups is 2. The third-order valence-electron chi connectivity index (χ3n) is 2.17. The highest BCUT2D eigenvalue weighted by Crippen LogP contribution is 2.26. The van der Waals surface area contributed by atoms with Gasteiger partial charge in [-0.05, 0) is 12.8 Å². The number of ketones is 1. The molecule has 2 nitrogen and oxygen atoms in total. The molecular weight excluding hydrogens is 140 g/mol. The van der Waals surface area contributed by atoms with E-state index in [0.717, 1.165) is 6.29 Å². The molecule has 2 heteroatoms. The van der Waals surface area contributed by atoms with Gasteiger partial charge in [0, 0.05) is 11.8 Å². The molecule has 0 fully saturated rings. The van der Waals surface area contributed by atoms with Crippen LogP contribution >= 0.6 is 0 Å². The average molecular weight is 156 g/mol. The van der Waals surface area contributed by atoms with Crippen molar-refractivity contribution in [2.24, 2.45) is 11.3 Å². The molecule has 0 N–H and O–H groups in total. The van der Waals surface area contributed by atoms with Crippen molar-refractivity contribution < 1.29 is 9.59 Å². The molecule has 0 saturated carbocycles. The van der Waals surface area contributed by atoms with Crippen molar-refractivity contribution in [3.63, 3.8) is 0 Å². The standard InChI is InChI=1S/C9H16O2/c1-7(5-8(2)11)9(3,4)6-10/h6-7H,5H2,1-4H3/t7-/m0/s1. The van der Waals surface area contributed by atoms with E-state index in [0.29, 0.717) is 6.42 Å². The van der Waals surface area contributed by atoms with Crippen LogP contribution in [0.1, 0.15) is 34.1 Å². The van der Waals surface area contributed by atoms with E-state index in [1.54, 1.807) is 6.92 Å². The maximum Gasteiger partial charge on any atom is 0.130 e. The summed E-state index contributed by atoms with van der Waals surface area (Å²) in [6.07, 6.45) is 1.41. The minimum absolute atomic E-state index is 0.137. The van der Waals surface area contributed by atoms with Gasteiger partial charge in [-0.1, -0.05) is 20.8 Å². The van der Waals surface area contributed by atoms with Crippen LogP contribution in [0.5, 0.6) is 0 Å². The minimum atomic E-state index is -0.369. The van der Waals surface area contributed by atoms with Gasteiger partial charge in [-0.2, -0.15) is 0 Å². The first-order valence-corrected chi connectivity index (χ1v) is 3.86. The molecule has 1 atom stereocenters. The molecule has 0 heterocycles. The zero-order valence-corrected chi connectivity index (χ0v) is 7.68. The minimum Gasteiger partial charge on any atom is -0.303 e. The maximum absolute atomic E-state index is 10.7. The summed E-state index contributed by atoms with van der Waals surface area (Å²) < 4.78 is 0. The largest absolute Gasteiger partial charge is 0.303 e. The molecule has 0 bridgehead atoms. The Morgan fingerprint density at radius 1 is 1.55 bits per heavy atom. The summed E-state index contributed by atoms with van der Waals surface area (Å²) in [5, 5.41) is 0. The summed E-state index contributed by atoms with van der Waals surface area (Å²) in [5.41, 5.74) is -0.369. The van der Waals surface area contributed by atoms with E-state index in [1.807, 2.05) is 20.8 Å². The first-order chi connectivity index (χ1) is 4.90. The fourth-order valence-corrected chi connectivity index (χ4v) is 0.810. The molecule has 0 radical (unpaired) electrons. The first-order valence-electron chi connectivity index (χ1n) is 3.86. The summed E-state index contributed by atoms with van der Waals surface area (Å²) in [4.78, 5) is 21.2. The highest BCUT2D eigenvalue weighted by atomic mass is 16.1. The lowest BCUT2D eigenvalue weighted by Gasteiger charge is -2.24. The van der Waals surface area contributed by atoms with Crippen molar-refractivity contribution in [3.05, 3.63) is 0 Å². The zero-order valence-electron chi connectivity index (χ0n) is 7.68. The highest BCUT2D eigenvalue weighted by molar-refractivity contribution is 5.76. The predicted octanol–water partition coefficient (Wildman–Crippen LogP) is 1.83. The number of aldehydes is 1. The van der Waals surface area contributed by atoms with Gasteiger partial charge in [-0.25, -0.2) is 0 Å². The fraction of sp³-hybridized carbons (Fsp3) is 0.778. The molecule has 64 valence electrons. The number of rotatable bonds is 4. The Labute approximate surface area is 68.0 Å². The average Bonchev–Trinajstić information content (AvgIpc) is 1.86. The van der Waals surface area contributed by atoms with Crippen LogP contribution in [0, 0.1) is 11.3 Å². The van der Waals surface area contributed by atoms with Gasteiger partial charge < -0.3 is 9.59 Å². The molecule has 0 aromatic rings. The Bertz CT molecular complexity index is 159. The van der Waals surface area contributed by atoms with Gasteiger partial charge >= 0.3 is 0 Å². The SMILES string of the molecule is CC(=O)C[C@H](C)C(C)(C)C=O. The van der Waals surface area contributed by atoms with Crippen LogP contribution in [0.3, 0.4) is 0 Å². The second kappa shape index (κ2) is 3.65. The molecule has 0 unspecified atom stereocenters. The molecule has 0 aliphatic rings. The van der Waals surface area contributed by atoms with E-state index in [9.17, 15) is 9.59 Å². The van der Waals surface area contributed by atoms with Crippen LogP contribution in [0.25, 0.3) is 0 Å². The number of carbonyl (C=O) groups excluding carboxylic acids is 2. The van der Waals surface area contributed by atoms with Crippen molar-refractivity contribution in [3.8, 4) is 0 Å². The maximum atomic E-state index is 10.7. The molecule has 0 aliphatic heterocycles. The Morgan fingerprint density at radius 3 is 2.27 bits per heavy atom. The second-order valence-corrected chi connectivity index (χ2v) is 3.75. The third kappa shape index (κ3) is 3.30. The van der Waals surface area contributed by atoms with Gasteiger partial charge in [0.1, 0.15) is 12.1 Å². The highest BCUT2D eigenvalue weighted by Gasteiger charge is 2.25. The lowest BCUT2D eigenvalue weighted by atomic mass is 9.79. The van der Waals surface area contributed by atoms with E-state index in [2.05, 4.69) is 0 Å². The normalized spacial score (nSPS) is 14.2. The van der Waals surface area contributed by atoms with Gasteiger partial charge in [0.2, 0.25) is 0 Å². The summed E-state index contributed by atoms with van der Waals surface area (Å²) in [6, 6.07) is 0. The molecule has 0 saturated heterocycles. The molecule has 0 aliphatic carbocycles. The van der Waals surface area contributed by atoms with E-state index in [1.165, 1.54) is 0 Å². The fourth-order valence-electron chi connectivity index (χ4n) is 0.810. The van der Waals surface area contributed by atoms with E-state index < -0.39 is 0 Å². The van der Waals surface area contributed by atoms with Crippen molar-refractivity contribution in [2.45, 2.75) is 34.1 Å². The monoisotopic (exact) mass is 156 g/mol. The Hall–Kier alpha value is -0.660. The van der Waals surface area contributed by atoms with Crippen LogP contribution in [-0.4, -0.2) is 12.1 Å². The molecule has 0 rings (SSSR count). The van der Waals surface area contributed by atoms with Crippen LogP contribution in [0.4, 0.5) is 0 Å². The lowest BCUT2D eigenvalue weighted by molar-refractivity contribution is -0.121. The van der Waals surface area contributed by atoms with Gasteiger partial charge in [-0.15, -0.1) is 0 Å². The molecule has 0 aromatic carbocycles. The first kappa shape index (κ1) is 10.3. The number of hydrogen-bond acceptors (Lipinski definition) is 2. The van der Waals surface area contributed by atoms with E-state index in [-0.39, 0.29) is 17.1 Å². The third-order valence-corrected chi connectivity index (χ3v) is 2.17. The van der Waals surface area contributed by atoms with Gasteiger partial charge in [-0.3, -0.25) is 0 Å². The van der Waals surface area contributed by atoms with Crippen molar-refractivity contribution in [1.82, 2.24) is 0 Å². The van der Waals surface area contributed by atoms with E-state index in [4.69, 9.17) is 0 Å². The summed E-state index contributed by atoms with van der Waals surface area (Å²) in [6.45, 7) is 7.19. The second-order valence-electron chi connectivity index (χ2n) is 3.75. The number of hydrogen-bond donors (Lipinski definition) is 0. The molecule has 11 heavy (non-hydrogen) atoms. The van der Waals surface area contributed by atoms with Crippen molar-refractivity contribution in [1.29, 1.82) is 0 Å². The quantitative estimate of drug-likeness (QED) is 0.582. The molecule has 0 amide bonds. The molecule has 0 spiro atoms. The van der Waals surface area contributed by atoms with Crippen LogP contribution < -0.4 is 0 Å². The Morgan fingerprint density at radius 2 is 2.00 bits per heavy atom. The van der Waals surface area contributed by atoms with Crippen molar-refractivity contribution in [2.75, 3.05) is 0 Å². The zero-order chi connectivity index (χ0) is 9.07. The molecular formula is C9H16O2. The van der Waals surface area contributed by atoms with Gasteiger partial charge in [0.05, 0.1) is 0 Å².